The summed E-state index contributed by atoms with van der Waals surface area (Å²) in [6, 6.07) is 93.7. The molecule has 3 heteroatoms. The molecule has 0 aliphatic heterocycles. The molecule has 13 aromatic rings. The molecule has 0 fully saturated rings. The monoisotopic (exact) mass is 1050 g/mol. The van der Waals surface area contributed by atoms with Crippen molar-refractivity contribution in [3.8, 4) is 22.3 Å². The third-order valence-electron chi connectivity index (χ3n) is 17.6. The van der Waals surface area contributed by atoms with E-state index in [0.717, 1.165) is 50.9 Å². The Kier molecular flexibility index (Phi) is 11.5. The number of hydrogen-bond acceptors (Lipinski definition) is 3. The van der Waals surface area contributed by atoms with Gasteiger partial charge < -0.3 is 9.80 Å². The zero-order valence-electron chi connectivity index (χ0n) is 46.5. The molecule has 0 bridgehead atoms. The van der Waals surface area contributed by atoms with E-state index in [-0.39, 0.29) is 10.8 Å². The Morgan fingerprint density at radius 1 is 0.293 bits per heavy atom. The number of nitrogens with zero attached hydrogens (tertiary/aromatic N) is 3. The van der Waals surface area contributed by atoms with Gasteiger partial charge in [0.1, 0.15) is 0 Å². The summed E-state index contributed by atoms with van der Waals surface area (Å²) in [5.74, 6) is 0. The Morgan fingerprint density at radius 3 is 0.988 bits per heavy atom. The van der Waals surface area contributed by atoms with Crippen LogP contribution in [0.15, 0.2) is 261 Å². The molecule has 3 nitrogen and oxygen atoms in total. The summed E-state index contributed by atoms with van der Waals surface area (Å²) in [6.45, 7) is 9.49. The first-order chi connectivity index (χ1) is 40.2. The maximum absolute atomic E-state index is 4.91. The summed E-state index contributed by atoms with van der Waals surface area (Å²) >= 11 is 0. The van der Waals surface area contributed by atoms with Crippen LogP contribution in [0, 0.1) is 0 Å². The Hall–Kier alpha value is -10.1. The van der Waals surface area contributed by atoms with Gasteiger partial charge in [0.25, 0.3) is 0 Å². The molecule has 390 valence electrons. The zero-order valence-corrected chi connectivity index (χ0v) is 46.5. The highest BCUT2D eigenvalue weighted by Crippen LogP contribution is 2.54. The van der Waals surface area contributed by atoms with Crippen molar-refractivity contribution in [2.45, 2.75) is 38.5 Å². The molecule has 0 radical (unpaired) electrons. The van der Waals surface area contributed by atoms with Crippen molar-refractivity contribution in [1.82, 2.24) is 4.98 Å². The van der Waals surface area contributed by atoms with Crippen LogP contribution in [-0.4, -0.2) is 4.98 Å². The van der Waals surface area contributed by atoms with E-state index >= 15 is 0 Å². The summed E-state index contributed by atoms with van der Waals surface area (Å²) in [5.41, 5.74) is 21.3. The first-order valence-corrected chi connectivity index (χ1v) is 28.6. The van der Waals surface area contributed by atoms with E-state index in [2.05, 4.69) is 317 Å². The van der Waals surface area contributed by atoms with Crippen LogP contribution in [0.5, 0.6) is 0 Å². The summed E-state index contributed by atoms with van der Waals surface area (Å²) < 4.78 is 0. The van der Waals surface area contributed by atoms with Crippen LogP contribution in [0.2, 0.25) is 0 Å². The van der Waals surface area contributed by atoms with E-state index in [1.807, 2.05) is 6.20 Å². The van der Waals surface area contributed by atoms with Gasteiger partial charge >= 0.3 is 0 Å². The molecule has 0 N–H and O–H groups in total. The van der Waals surface area contributed by atoms with E-state index in [9.17, 15) is 0 Å². The number of fused-ring (bicyclic) bond motifs is 10. The lowest BCUT2D eigenvalue weighted by Crippen LogP contribution is -2.17. The van der Waals surface area contributed by atoms with Crippen LogP contribution >= 0.6 is 0 Å². The third-order valence-corrected chi connectivity index (χ3v) is 17.6. The molecule has 15 rings (SSSR count). The zero-order chi connectivity index (χ0) is 55.1. The van der Waals surface area contributed by atoms with Crippen molar-refractivity contribution in [3.63, 3.8) is 0 Å². The topological polar surface area (TPSA) is 19.4 Å². The molecule has 2 aliphatic carbocycles. The highest BCUT2D eigenvalue weighted by atomic mass is 15.2. The first-order valence-electron chi connectivity index (χ1n) is 28.6. The molecule has 12 aromatic carbocycles. The normalized spacial score (nSPS) is 13.7. The summed E-state index contributed by atoms with van der Waals surface area (Å²) in [6.07, 6.45) is 10.7. The minimum absolute atomic E-state index is 0.218. The van der Waals surface area contributed by atoms with Crippen LogP contribution in [0.4, 0.5) is 34.1 Å². The standard InChI is InChI=1S/C79H59N3/c1-78(2)70-47-52(37-43-66(70)68-45-41-60(49-72(68)78)81(74-29-13-21-55-17-5-9-25-62(55)74)75-30-14-22-56-18-6-10-26-63(56)75)33-34-54-36-40-59(80-51-54)39-35-53-38-44-67-69-46-42-61(50-73(69)79(3,4)71(67)48-53)82(76-31-15-23-57-19-7-11-27-64(57)76)77-32-16-24-58-20-8-12-28-65(58)77/h5-51H,1-4H3. The van der Waals surface area contributed by atoms with Crippen molar-refractivity contribution in [3.05, 3.63) is 306 Å². The second-order valence-corrected chi connectivity index (χ2v) is 23.2. The van der Waals surface area contributed by atoms with E-state index < -0.39 is 0 Å². The van der Waals surface area contributed by atoms with Crippen LogP contribution < -0.4 is 9.80 Å². The largest absolute Gasteiger partial charge is 0.309 e. The molecule has 0 saturated heterocycles. The Balaban J connectivity index is 0.679. The van der Waals surface area contributed by atoms with Crippen molar-refractivity contribution in [2.75, 3.05) is 9.80 Å². The van der Waals surface area contributed by atoms with Gasteiger partial charge in [0, 0.05) is 49.9 Å². The highest BCUT2D eigenvalue weighted by molar-refractivity contribution is 6.07. The number of anilines is 6. The minimum atomic E-state index is -0.221. The van der Waals surface area contributed by atoms with Crippen molar-refractivity contribution >= 4 is 102 Å². The number of hydrogen-bond donors (Lipinski definition) is 0. The Labute approximate surface area is 480 Å². The van der Waals surface area contributed by atoms with Crippen molar-refractivity contribution in [2.24, 2.45) is 0 Å². The molecule has 0 amide bonds. The Bertz CT molecular complexity index is 4280. The average Bonchev–Trinajstić information content (AvgIpc) is 3.33. The summed E-state index contributed by atoms with van der Waals surface area (Å²) in [7, 11) is 0. The molecule has 1 aromatic heterocycles. The Morgan fingerprint density at radius 2 is 0.610 bits per heavy atom. The van der Waals surface area contributed by atoms with Crippen LogP contribution in [0.25, 0.3) is 89.6 Å². The lowest BCUT2D eigenvalue weighted by atomic mass is 9.81. The molecular formula is C79H59N3. The number of pyridine rings is 1. The first kappa shape index (κ1) is 49.0. The van der Waals surface area contributed by atoms with E-state index in [1.165, 1.54) is 93.2 Å². The molecule has 1 heterocycles. The molecule has 82 heavy (non-hydrogen) atoms. The van der Waals surface area contributed by atoms with Gasteiger partial charge in [-0.2, -0.15) is 0 Å². The van der Waals surface area contributed by atoms with Gasteiger partial charge in [-0.05, 0) is 143 Å². The quantitative estimate of drug-likeness (QED) is 0.136. The van der Waals surface area contributed by atoms with Gasteiger partial charge in [-0.3, -0.25) is 4.98 Å². The molecule has 0 atom stereocenters. The fraction of sp³-hybridized carbons (Fsp3) is 0.0759. The van der Waals surface area contributed by atoms with E-state index in [1.54, 1.807) is 0 Å². The van der Waals surface area contributed by atoms with E-state index in [4.69, 9.17) is 4.98 Å². The van der Waals surface area contributed by atoms with Gasteiger partial charge in [0.05, 0.1) is 28.4 Å². The second-order valence-electron chi connectivity index (χ2n) is 23.2. The number of benzene rings is 12. The van der Waals surface area contributed by atoms with Crippen LogP contribution in [0.1, 0.15) is 72.3 Å². The predicted molar refractivity (Wildman–Crippen MR) is 349 cm³/mol. The van der Waals surface area contributed by atoms with E-state index in [0.29, 0.717) is 0 Å². The fourth-order valence-electron chi connectivity index (χ4n) is 13.4. The molecule has 2 aliphatic rings. The van der Waals surface area contributed by atoms with Crippen molar-refractivity contribution in [1.29, 1.82) is 0 Å². The average molecular weight is 1050 g/mol. The highest BCUT2D eigenvalue weighted by Gasteiger charge is 2.38. The molecule has 0 spiro atoms. The van der Waals surface area contributed by atoms with Gasteiger partial charge in [0.15, 0.2) is 0 Å². The maximum Gasteiger partial charge on any atom is 0.0630 e. The van der Waals surface area contributed by atoms with Gasteiger partial charge in [-0.25, -0.2) is 0 Å². The predicted octanol–water partition coefficient (Wildman–Crippen LogP) is 21.6. The number of rotatable bonds is 10. The van der Waals surface area contributed by atoms with Crippen LogP contribution in [-0.2, 0) is 10.8 Å². The molecular weight excluding hydrogens is 991 g/mol. The SMILES string of the molecule is CC1(C)c2cc(C=Cc3ccc(C=Cc4ccc5c(c4)C(C)(C)c4cc(N(c6cccc7ccccc67)c6cccc7ccccc67)ccc4-5)nc3)ccc2-c2ccc(N(c3cccc4ccccc34)c3cccc4ccccc34)cc21. The third kappa shape index (κ3) is 8.14. The smallest absolute Gasteiger partial charge is 0.0630 e. The van der Waals surface area contributed by atoms with Gasteiger partial charge in [-0.15, -0.1) is 0 Å². The molecule has 0 unspecified atom stereocenters. The minimum Gasteiger partial charge on any atom is -0.309 e. The lowest BCUT2D eigenvalue weighted by molar-refractivity contribution is 0.660. The summed E-state index contributed by atoms with van der Waals surface area (Å²) in [5, 5.41) is 9.77. The van der Waals surface area contributed by atoms with Gasteiger partial charge in [-0.1, -0.05) is 246 Å². The lowest BCUT2D eigenvalue weighted by Gasteiger charge is -2.30. The van der Waals surface area contributed by atoms with Crippen molar-refractivity contribution < 1.29 is 0 Å². The second kappa shape index (κ2) is 19.3. The summed E-state index contributed by atoms with van der Waals surface area (Å²) in [4.78, 5) is 9.84. The van der Waals surface area contributed by atoms with Crippen LogP contribution in [0.3, 0.4) is 0 Å². The number of aromatic nitrogens is 1. The van der Waals surface area contributed by atoms with Gasteiger partial charge in [0.2, 0.25) is 0 Å². The fourth-order valence-corrected chi connectivity index (χ4v) is 13.4. The maximum atomic E-state index is 4.91. The molecule has 0 saturated carbocycles.